The molecule has 0 fully saturated rings. The maximum Gasteiger partial charge on any atom is 0.338 e. The number of nitrogens with zero attached hydrogens (tertiary/aromatic N) is 1. The zero-order chi connectivity index (χ0) is 38.7. The maximum absolute atomic E-state index is 14.5. The second-order valence-corrected chi connectivity index (χ2v) is 12.8. The van der Waals surface area contributed by atoms with E-state index in [0.717, 1.165) is 5.56 Å². The molecule has 0 saturated carbocycles. The SMILES string of the molecule is CCOC(=O)c1cc(CNC(=O)c2c(-c3ccccc3)c(-c3ccc(F)cc3)c(CC[C@@H](O)C[C@@H](O)CC(=O)OC)n2C(C)C)cc(C(=O)OCC)c1. The van der Waals surface area contributed by atoms with Crippen LogP contribution in [0.4, 0.5) is 4.39 Å². The van der Waals surface area contributed by atoms with Crippen LogP contribution in [0.2, 0.25) is 0 Å². The van der Waals surface area contributed by atoms with Crippen LogP contribution >= 0.6 is 0 Å². The number of esters is 3. The molecule has 4 rings (SSSR count). The van der Waals surface area contributed by atoms with Crippen molar-refractivity contribution >= 4 is 23.8 Å². The molecule has 12 heteroatoms. The van der Waals surface area contributed by atoms with Gasteiger partial charge in [0, 0.05) is 29.4 Å². The van der Waals surface area contributed by atoms with Gasteiger partial charge in [-0.3, -0.25) is 9.59 Å². The van der Waals surface area contributed by atoms with E-state index in [1.165, 1.54) is 25.3 Å². The molecule has 3 aromatic carbocycles. The summed E-state index contributed by atoms with van der Waals surface area (Å²) in [5.41, 5.74) is 4.37. The van der Waals surface area contributed by atoms with Gasteiger partial charge in [0.15, 0.2) is 0 Å². The Morgan fingerprint density at radius 2 is 1.40 bits per heavy atom. The van der Waals surface area contributed by atoms with Gasteiger partial charge in [0.05, 0.1) is 50.1 Å². The summed E-state index contributed by atoms with van der Waals surface area (Å²) in [7, 11) is 1.22. The molecule has 0 aliphatic heterocycles. The topological polar surface area (TPSA) is 153 Å². The van der Waals surface area contributed by atoms with Crippen molar-refractivity contribution in [3.05, 3.63) is 107 Å². The summed E-state index contributed by atoms with van der Waals surface area (Å²) in [5, 5.41) is 24.3. The number of aromatic nitrogens is 1. The van der Waals surface area contributed by atoms with Gasteiger partial charge in [-0.1, -0.05) is 42.5 Å². The number of hydrogen-bond acceptors (Lipinski definition) is 9. The van der Waals surface area contributed by atoms with Crippen LogP contribution in [0.25, 0.3) is 22.3 Å². The average molecular weight is 731 g/mol. The smallest absolute Gasteiger partial charge is 0.338 e. The molecule has 0 radical (unpaired) electrons. The first-order chi connectivity index (χ1) is 25.4. The van der Waals surface area contributed by atoms with Crippen molar-refractivity contribution in [3.8, 4) is 22.3 Å². The number of aliphatic hydroxyl groups is 2. The van der Waals surface area contributed by atoms with Crippen LogP contribution < -0.4 is 5.32 Å². The third kappa shape index (κ3) is 10.4. The van der Waals surface area contributed by atoms with Gasteiger partial charge in [-0.15, -0.1) is 0 Å². The van der Waals surface area contributed by atoms with Gasteiger partial charge >= 0.3 is 17.9 Å². The second kappa shape index (κ2) is 19.0. The molecular weight excluding hydrogens is 683 g/mol. The molecule has 0 bridgehead atoms. The Bertz CT molecular complexity index is 1850. The summed E-state index contributed by atoms with van der Waals surface area (Å²) in [6.45, 7) is 7.40. The van der Waals surface area contributed by atoms with Crippen molar-refractivity contribution in [2.24, 2.45) is 0 Å². The molecule has 3 N–H and O–H groups in total. The van der Waals surface area contributed by atoms with Gasteiger partial charge in [-0.05, 0) is 94.0 Å². The zero-order valence-corrected chi connectivity index (χ0v) is 30.7. The van der Waals surface area contributed by atoms with Crippen LogP contribution in [0.5, 0.6) is 0 Å². The lowest BCUT2D eigenvalue weighted by Gasteiger charge is -2.20. The summed E-state index contributed by atoms with van der Waals surface area (Å²) >= 11 is 0. The summed E-state index contributed by atoms with van der Waals surface area (Å²) in [5.74, 6) is -2.73. The Balaban J connectivity index is 1.83. The highest BCUT2D eigenvalue weighted by Gasteiger charge is 2.31. The van der Waals surface area contributed by atoms with E-state index in [1.807, 2.05) is 48.7 Å². The minimum atomic E-state index is -1.11. The van der Waals surface area contributed by atoms with E-state index in [2.05, 4.69) is 10.1 Å². The Morgan fingerprint density at radius 1 is 0.811 bits per heavy atom. The lowest BCUT2D eigenvalue weighted by atomic mass is 9.92. The molecule has 0 spiro atoms. The predicted molar refractivity (Wildman–Crippen MR) is 197 cm³/mol. The lowest BCUT2D eigenvalue weighted by molar-refractivity contribution is -0.143. The zero-order valence-electron chi connectivity index (χ0n) is 30.7. The number of ether oxygens (including phenoxy) is 3. The fraction of sp³-hybridized carbons (Fsp3) is 0.366. The first kappa shape index (κ1) is 40.4. The molecule has 2 atom stereocenters. The molecule has 1 heterocycles. The number of methoxy groups -OCH3 is 1. The number of halogens is 1. The number of nitrogens with one attached hydrogen (secondary N) is 1. The van der Waals surface area contributed by atoms with Gasteiger partial charge in [0.1, 0.15) is 11.5 Å². The first-order valence-corrected chi connectivity index (χ1v) is 17.7. The molecular formula is C41H47FN2O9. The van der Waals surface area contributed by atoms with Crippen molar-refractivity contribution < 1.29 is 48.0 Å². The lowest BCUT2D eigenvalue weighted by Crippen LogP contribution is -2.27. The number of aliphatic hydroxyl groups excluding tert-OH is 2. The van der Waals surface area contributed by atoms with Crippen LogP contribution in [0.1, 0.15) is 95.5 Å². The number of amides is 1. The van der Waals surface area contributed by atoms with Crippen molar-refractivity contribution in [1.29, 1.82) is 0 Å². The van der Waals surface area contributed by atoms with Crippen molar-refractivity contribution in [1.82, 2.24) is 9.88 Å². The Labute approximate surface area is 308 Å². The average Bonchev–Trinajstić information content (AvgIpc) is 3.49. The maximum atomic E-state index is 14.5. The summed E-state index contributed by atoms with van der Waals surface area (Å²) in [4.78, 5) is 51.6. The van der Waals surface area contributed by atoms with E-state index in [4.69, 9.17) is 9.47 Å². The number of rotatable bonds is 17. The van der Waals surface area contributed by atoms with Crippen LogP contribution in [-0.4, -0.2) is 71.1 Å². The van der Waals surface area contributed by atoms with Crippen molar-refractivity contribution in [2.75, 3.05) is 20.3 Å². The summed E-state index contributed by atoms with van der Waals surface area (Å²) in [6, 6.07) is 19.5. The quantitative estimate of drug-likeness (QED) is 0.0824. The van der Waals surface area contributed by atoms with E-state index in [9.17, 15) is 33.8 Å². The predicted octanol–water partition coefficient (Wildman–Crippen LogP) is 6.43. The van der Waals surface area contributed by atoms with Gasteiger partial charge in [0.25, 0.3) is 5.91 Å². The van der Waals surface area contributed by atoms with Crippen LogP contribution in [-0.2, 0) is 32.0 Å². The first-order valence-electron chi connectivity index (χ1n) is 17.7. The van der Waals surface area contributed by atoms with Crippen LogP contribution in [0, 0.1) is 5.82 Å². The molecule has 0 unspecified atom stereocenters. The fourth-order valence-corrected chi connectivity index (χ4v) is 6.31. The Kier molecular flexibility index (Phi) is 14.5. The largest absolute Gasteiger partial charge is 0.469 e. The molecule has 0 saturated heterocycles. The molecule has 11 nitrogen and oxygen atoms in total. The van der Waals surface area contributed by atoms with Gasteiger partial charge in [-0.2, -0.15) is 0 Å². The molecule has 4 aromatic rings. The van der Waals surface area contributed by atoms with Crippen molar-refractivity contribution in [3.63, 3.8) is 0 Å². The normalized spacial score (nSPS) is 12.2. The van der Waals surface area contributed by atoms with E-state index in [0.29, 0.717) is 33.6 Å². The van der Waals surface area contributed by atoms with Gasteiger partial charge < -0.3 is 34.3 Å². The minimum Gasteiger partial charge on any atom is -0.469 e. The van der Waals surface area contributed by atoms with Crippen molar-refractivity contribution in [2.45, 2.75) is 78.2 Å². The molecule has 53 heavy (non-hydrogen) atoms. The van der Waals surface area contributed by atoms with E-state index in [-0.39, 0.29) is 62.6 Å². The van der Waals surface area contributed by atoms with Gasteiger partial charge in [-0.25, -0.2) is 14.0 Å². The highest BCUT2D eigenvalue weighted by molar-refractivity contribution is 6.05. The van der Waals surface area contributed by atoms with Crippen LogP contribution in [0.3, 0.4) is 0 Å². The number of hydrogen-bond donors (Lipinski definition) is 3. The fourth-order valence-electron chi connectivity index (χ4n) is 6.31. The Morgan fingerprint density at radius 3 is 1.94 bits per heavy atom. The highest BCUT2D eigenvalue weighted by atomic mass is 19.1. The number of benzene rings is 3. The summed E-state index contributed by atoms with van der Waals surface area (Å²) in [6.07, 6.45) is -2.00. The molecule has 1 amide bonds. The number of carbonyl (C=O) groups excluding carboxylic acids is 4. The molecule has 282 valence electrons. The standard InChI is InChI=1S/C41H47FN2O9/c1-6-52-40(49)29-19-26(20-30(21-29)41(50)53-7-2)24-43-39(48)38-37(27-11-9-8-10-12-27)36(28-13-15-31(42)16-14-28)34(44(38)25(3)4)18-17-32(45)22-33(46)23-35(47)51-5/h8-16,19-21,25,32-33,45-46H,6-7,17-18,22-24H2,1-5H3,(H,43,48)/t32-,33-/m1/s1. The van der Waals surface area contributed by atoms with E-state index >= 15 is 0 Å². The van der Waals surface area contributed by atoms with Crippen LogP contribution in [0.15, 0.2) is 72.8 Å². The van der Waals surface area contributed by atoms with E-state index < -0.39 is 41.8 Å². The Hall–Kier alpha value is -5.33. The highest BCUT2D eigenvalue weighted by Crippen LogP contribution is 2.42. The minimum absolute atomic E-state index is 0.0615. The number of carbonyl (C=O) groups is 4. The third-order valence-electron chi connectivity index (χ3n) is 8.59. The molecule has 0 aliphatic carbocycles. The summed E-state index contributed by atoms with van der Waals surface area (Å²) < 4.78 is 31.1. The van der Waals surface area contributed by atoms with E-state index in [1.54, 1.807) is 38.1 Å². The monoisotopic (exact) mass is 730 g/mol. The molecule has 1 aromatic heterocycles. The second-order valence-electron chi connectivity index (χ2n) is 12.8. The molecule has 0 aliphatic rings. The third-order valence-corrected chi connectivity index (χ3v) is 8.59. The van der Waals surface area contributed by atoms with Gasteiger partial charge in [0.2, 0.25) is 0 Å².